The molecule has 0 N–H and O–H groups in total. The fourth-order valence-electron chi connectivity index (χ4n) is 5.10. The van der Waals surface area contributed by atoms with Crippen molar-refractivity contribution in [2.75, 3.05) is 0 Å². The van der Waals surface area contributed by atoms with E-state index in [9.17, 15) is 0 Å². The quantitative estimate of drug-likeness (QED) is 0.216. The first-order valence-electron chi connectivity index (χ1n) is 11.5. The molecule has 0 heterocycles. The summed E-state index contributed by atoms with van der Waals surface area (Å²) in [7, 11) is 0. The van der Waals surface area contributed by atoms with Gasteiger partial charge in [0.2, 0.25) is 0 Å². The fraction of sp³-hybridized carbons (Fsp3) is 0. The molecular weight excluding hydrogens is 408 g/mol. The number of rotatable bonds is 0. The van der Waals surface area contributed by atoms with Crippen LogP contribution in [0.15, 0.2) is 109 Å². The molecule has 34 heavy (non-hydrogen) atoms. The molecular formula is C34H18. The molecule has 0 bridgehead atoms. The maximum Gasteiger partial charge on any atom is 0.0419 e. The third-order valence-electron chi connectivity index (χ3n) is 6.64. The van der Waals surface area contributed by atoms with Crippen molar-refractivity contribution in [2.24, 2.45) is 0 Å². The van der Waals surface area contributed by atoms with E-state index in [0.717, 1.165) is 22.3 Å². The Morgan fingerprint density at radius 2 is 0.588 bits per heavy atom. The average Bonchev–Trinajstić information content (AvgIpc) is 2.88. The number of hydrogen-bond acceptors (Lipinski definition) is 0. The lowest BCUT2D eigenvalue weighted by atomic mass is 9.78. The minimum Gasteiger partial charge on any atom is -0.0622 e. The highest BCUT2D eigenvalue weighted by atomic mass is 14.3. The Labute approximate surface area is 198 Å². The Morgan fingerprint density at radius 3 is 0.912 bits per heavy atom. The van der Waals surface area contributed by atoms with Crippen molar-refractivity contribution in [3.63, 3.8) is 0 Å². The monoisotopic (exact) mass is 426 g/mol. The van der Waals surface area contributed by atoms with Gasteiger partial charge in [0.05, 0.1) is 0 Å². The van der Waals surface area contributed by atoms with Crippen LogP contribution in [0.5, 0.6) is 0 Å². The summed E-state index contributed by atoms with van der Waals surface area (Å²) < 4.78 is 0. The minimum atomic E-state index is 1.03. The smallest absolute Gasteiger partial charge is 0.0419 e. The van der Waals surface area contributed by atoms with Gasteiger partial charge in [-0.25, -0.2) is 0 Å². The summed E-state index contributed by atoms with van der Waals surface area (Å²) in [5.41, 5.74) is 4.30. The van der Waals surface area contributed by atoms with Crippen molar-refractivity contribution in [1.29, 1.82) is 0 Å². The molecule has 7 aromatic carbocycles. The maximum absolute atomic E-state index is 3.57. The summed E-state index contributed by atoms with van der Waals surface area (Å²) in [4.78, 5) is 0. The van der Waals surface area contributed by atoms with E-state index in [-0.39, 0.29) is 0 Å². The van der Waals surface area contributed by atoms with Gasteiger partial charge in [0, 0.05) is 43.8 Å². The van der Waals surface area contributed by atoms with Crippen molar-refractivity contribution < 1.29 is 0 Å². The Balaban J connectivity index is 1.61. The second-order valence-electron chi connectivity index (χ2n) is 8.57. The number of benzene rings is 5. The molecule has 0 amide bonds. The van der Waals surface area contributed by atoms with Crippen LogP contribution in [-0.2, 0) is 0 Å². The maximum atomic E-state index is 3.57. The van der Waals surface area contributed by atoms with Crippen molar-refractivity contribution in [1.82, 2.24) is 0 Å². The van der Waals surface area contributed by atoms with E-state index in [2.05, 4.69) is 96.5 Å². The van der Waals surface area contributed by atoms with Crippen LogP contribution >= 0.6 is 0 Å². The first-order valence-corrected chi connectivity index (χ1v) is 11.5. The molecule has 0 aromatic heterocycles. The van der Waals surface area contributed by atoms with Crippen LogP contribution in [-0.4, -0.2) is 0 Å². The molecule has 0 aliphatic rings. The van der Waals surface area contributed by atoms with Crippen LogP contribution in [0.3, 0.4) is 0 Å². The third-order valence-corrected chi connectivity index (χ3v) is 6.64. The zero-order valence-electron chi connectivity index (χ0n) is 18.4. The van der Waals surface area contributed by atoms with Gasteiger partial charge in [0.1, 0.15) is 0 Å². The van der Waals surface area contributed by atoms with Crippen molar-refractivity contribution in [3.05, 3.63) is 131 Å². The molecule has 7 rings (SSSR count). The Hall–Kier alpha value is -4.78. The highest BCUT2D eigenvalue weighted by Crippen LogP contribution is 2.49. The average molecular weight is 427 g/mol. The lowest BCUT2D eigenvalue weighted by Crippen LogP contribution is -2.00. The normalized spacial score (nSPS) is 11.1. The molecule has 7 aromatic rings. The topological polar surface area (TPSA) is 0 Å². The van der Waals surface area contributed by atoms with Gasteiger partial charge in [0.15, 0.2) is 0 Å². The number of hydrogen-bond donors (Lipinski definition) is 0. The zero-order chi connectivity index (χ0) is 22.5. The van der Waals surface area contributed by atoms with Gasteiger partial charge in [-0.15, -0.1) is 0 Å². The summed E-state index contributed by atoms with van der Waals surface area (Å²) in [6.45, 7) is 0. The van der Waals surface area contributed by atoms with Gasteiger partial charge in [0.25, 0.3) is 0 Å². The lowest BCUT2D eigenvalue weighted by molar-refractivity contribution is 1.64. The molecule has 0 saturated carbocycles. The van der Waals surface area contributed by atoms with E-state index in [0.29, 0.717) is 0 Å². The van der Waals surface area contributed by atoms with Crippen LogP contribution in [0.4, 0.5) is 0 Å². The SMILES string of the molecule is C(#Cc1c2c3ccccc3c2c(C#Cc2ccccc2)c2c3ccccc3c12)c1ccccc1. The summed E-state index contributed by atoms with van der Waals surface area (Å²) in [6.07, 6.45) is 0. The molecule has 0 atom stereocenters. The number of fused-ring (bicyclic) bond motifs is 8. The first-order chi connectivity index (χ1) is 16.9. The standard InChI is InChI=1S/C34H18/c1-3-11-23(12-4-1)19-21-29-31-25-15-7-9-17-27(25)33(31)30(22-20-24-13-5-2-6-14-24)34-28-18-10-8-16-26(28)32(29)34/h1-18H. The van der Waals surface area contributed by atoms with Gasteiger partial charge in [-0.1, -0.05) is 109 Å². The highest BCUT2D eigenvalue weighted by Gasteiger charge is 2.25. The minimum absolute atomic E-state index is 1.03. The molecule has 0 nitrogen and oxygen atoms in total. The predicted molar refractivity (Wildman–Crippen MR) is 144 cm³/mol. The van der Waals surface area contributed by atoms with E-state index in [1.54, 1.807) is 0 Å². The molecule has 0 unspecified atom stereocenters. The molecule has 0 radical (unpaired) electrons. The van der Waals surface area contributed by atoms with E-state index in [1.807, 2.05) is 36.4 Å². The third kappa shape index (κ3) is 2.70. The van der Waals surface area contributed by atoms with Crippen molar-refractivity contribution in [3.8, 4) is 23.7 Å². The van der Waals surface area contributed by atoms with Gasteiger partial charge in [-0.3, -0.25) is 0 Å². The summed E-state index contributed by atoms with van der Waals surface area (Å²) in [5.74, 6) is 14.0. The fourth-order valence-corrected chi connectivity index (χ4v) is 5.10. The first kappa shape index (κ1) is 18.8. The molecule has 154 valence electrons. The van der Waals surface area contributed by atoms with E-state index in [1.165, 1.54) is 43.1 Å². The molecule has 0 spiro atoms. The van der Waals surface area contributed by atoms with E-state index in [4.69, 9.17) is 0 Å². The Bertz CT molecular complexity index is 1710. The molecule has 0 aliphatic carbocycles. The van der Waals surface area contributed by atoms with Crippen molar-refractivity contribution >= 4 is 43.1 Å². The predicted octanol–water partition coefficient (Wildman–Crippen LogP) is 7.97. The van der Waals surface area contributed by atoms with Gasteiger partial charge >= 0.3 is 0 Å². The summed E-state index contributed by atoms with van der Waals surface area (Å²) in [6, 6.07) is 37.7. The molecule has 0 heteroatoms. The van der Waals surface area contributed by atoms with Gasteiger partial charge in [-0.05, 0) is 45.8 Å². The lowest BCUT2D eigenvalue weighted by Gasteiger charge is -2.23. The van der Waals surface area contributed by atoms with Crippen molar-refractivity contribution in [2.45, 2.75) is 0 Å². The Kier molecular flexibility index (Phi) is 4.07. The van der Waals surface area contributed by atoms with E-state index < -0.39 is 0 Å². The Morgan fingerprint density at radius 1 is 0.294 bits per heavy atom. The van der Waals surface area contributed by atoms with Crippen LogP contribution in [0, 0.1) is 23.7 Å². The van der Waals surface area contributed by atoms with Crippen LogP contribution in [0.2, 0.25) is 0 Å². The summed E-state index contributed by atoms with van der Waals surface area (Å²) in [5, 5.41) is 10.0. The van der Waals surface area contributed by atoms with Crippen LogP contribution < -0.4 is 0 Å². The molecule has 0 saturated heterocycles. The van der Waals surface area contributed by atoms with Gasteiger partial charge in [-0.2, -0.15) is 0 Å². The van der Waals surface area contributed by atoms with Gasteiger partial charge < -0.3 is 0 Å². The van der Waals surface area contributed by atoms with Crippen LogP contribution in [0.25, 0.3) is 43.1 Å². The largest absolute Gasteiger partial charge is 0.0622 e. The molecule has 0 fully saturated rings. The second kappa shape index (κ2) is 7.38. The van der Waals surface area contributed by atoms with Crippen LogP contribution in [0.1, 0.15) is 22.3 Å². The summed E-state index contributed by atoms with van der Waals surface area (Å²) >= 11 is 0. The molecule has 0 aliphatic heterocycles. The zero-order valence-corrected chi connectivity index (χ0v) is 18.4. The van der Waals surface area contributed by atoms with E-state index >= 15 is 0 Å². The highest BCUT2D eigenvalue weighted by molar-refractivity contribution is 6.40. The second-order valence-corrected chi connectivity index (χ2v) is 8.57.